The molecule has 0 bridgehead atoms. The van der Waals surface area contributed by atoms with Crippen LogP contribution >= 0.6 is 27.5 Å². The van der Waals surface area contributed by atoms with Gasteiger partial charge in [0.25, 0.3) is 5.91 Å². The number of allylic oxidation sites excluding steroid dienone is 1. The minimum atomic E-state index is -0.374. The maximum Gasteiger partial charge on any atom is 0.277 e. The summed E-state index contributed by atoms with van der Waals surface area (Å²) in [7, 11) is 0. The van der Waals surface area contributed by atoms with Crippen LogP contribution in [0, 0.1) is 0 Å². The highest BCUT2D eigenvalue weighted by Crippen LogP contribution is 2.22. The molecule has 0 fully saturated rings. The third kappa shape index (κ3) is 6.26. The van der Waals surface area contributed by atoms with Crippen molar-refractivity contribution >= 4 is 45.7 Å². The molecule has 4 nitrogen and oxygen atoms in total. The Morgan fingerprint density at radius 3 is 2.61 bits per heavy atom. The average Bonchev–Trinajstić information content (AvgIpc) is 2.55. The molecule has 23 heavy (non-hydrogen) atoms. The maximum absolute atomic E-state index is 11.6. The monoisotopic (exact) mass is 392 g/mol. The van der Waals surface area contributed by atoms with Crippen LogP contribution in [-0.4, -0.2) is 18.7 Å². The van der Waals surface area contributed by atoms with Crippen molar-refractivity contribution in [3.05, 3.63) is 69.7 Å². The van der Waals surface area contributed by atoms with Crippen LogP contribution in [0.4, 0.5) is 0 Å². The number of nitrogens with zero attached hydrogens (tertiary/aromatic N) is 1. The lowest BCUT2D eigenvalue weighted by Crippen LogP contribution is -2.24. The number of amides is 1. The molecule has 0 aromatic heterocycles. The van der Waals surface area contributed by atoms with Gasteiger partial charge in [0.05, 0.1) is 11.2 Å². The predicted octanol–water partition coefficient (Wildman–Crippen LogP) is 4.26. The first-order chi connectivity index (χ1) is 11.1. The Hall–Kier alpha value is -2.11. The molecule has 0 unspecified atom stereocenters. The number of halogens is 2. The zero-order valence-electron chi connectivity index (χ0n) is 12.1. The van der Waals surface area contributed by atoms with E-state index in [0.29, 0.717) is 10.8 Å². The van der Waals surface area contributed by atoms with Crippen LogP contribution in [0.5, 0.6) is 5.75 Å². The highest BCUT2D eigenvalue weighted by molar-refractivity contribution is 9.12. The van der Waals surface area contributed by atoms with E-state index in [0.717, 1.165) is 10.0 Å². The molecular weight excluding hydrogens is 380 g/mol. The van der Waals surface area contributed by atoms with Gasteiger partial charge in [0.15, 0.2) is 6.61 Å². The Morgan fingerprint density at radius 1 is 1.17 bits per heavy atom. The molecule has 0 radical (unpaired) electrons. The highest BCUT2D eigenvalue weighted by Gasteiger charge is 2.04. The van der Waals surface area contributed by atoms with Gasteiger partial charge in [-0.25, -0.2) is 5.43 Å². The summed E-state index contributed by atoms with van der Waals surface area (Å²) in [6, 6.07) is 16.7. The van der Waals surface area contributed by atoms with Crippen molar-refractivity contribution in [2.45, 2.75) is 0 Å². The van der Waals surface area contributed by atoms with Crippen molar-refractivity contribution in [2.24, 2.45) is 5.10 Å². The summed E-state index contributed by atoms with van der Waals surface area (Å²) in [5, 5.41) is 4.31. The predicted molar refractivity (Wildman–Crippen MR) is 96.9 cm³/mol. The third-order valence-electron chi connectivity index (χ3n) is 2.68. The molecule has 118 valence electrons. The first-order valence-electron chi connectivity index (χ1n) is 6.76. The minimum Gasteiger partial charge on any atom is -0.482 e. The average molecular weight is 394 g/mol. The van der Waals surface area contributed by atoms with Crippen molar-refractivity contribution in [2.75, 3.05) is 6.61 Å². The van der Waals surface area contributed by atoms with E-state index in [1.54, 1.807) is 24.3 Å². The van der Waals surface area contributed by atoms with Gasteiger partial charge in [0, 0.05) is 4.48 Å². The van der Waals surface area contributed by atoms with E-state index >= 15 is 0 Å². The number of hydrogen-bond acceptors (Lipinski definition) is 3. The molecule has 0 aliphatic rings. The van der Waals surface area contributed by atoms with E-state index < -0.39 is 0 Å². The van der Waals surface area contributed by atoms with Gasteiger partial charge in [-0.05, 0) is 39.7 Å². The van der Waals surface area contributed by atoms with Crippen LogP contribution in [-0.2, 0) is 4.79 Å². The van der Waals surface area contributed by atoms with E-state index in [4.69, 9.17) is 16.3 Å². The lowest BCUT2D eigenvalue weighted by Gasteiger charge is -2.06. The molecule has 1 N–H and O–H groups in total. The normalized spacial score (nSPS) is 11.5. The first kappa shape index (κ1) is 17.2. The van der Waals surface area contributed by atoms with Gasteiger partial charge in [-0.15, -0.1) is 0 Å². The Balaban J connectivity index is 1.80. The van der Waals surface area contributed by atoms with Crippen molar-refractivity contribution in [3.8, 4) is 5.75 Å². The Kier molecular flexibility index (Phi) is 6.84. The maximum atomic E-state index is 11.6. The van der Waals surface area contributed by atoms with Gasteiger partial charge in [0.2, 0.25) is 0 Å². The topological polar surface area (TPSA) is 50.7 Å². The second kappa shape index (κ2) is 9.12. The number of ether oxygens (including phenoxy) is 1. The number of carbonyl (C=O) groups excluding carboxylic acids is 1. The molecule has 2 rings (SSSR count). The number of carbonyl (C=O) groups is 1. The van der Waals surface area contributed by atoms with Gasteiger partial charge < -0.3 is 4.74 Å². The standard InChI is InChI=1S/C17H14BrClN2O2/c18-14(10-13-6-2-1-3-7-13)11-20-21-17(22)12-23-16-9-5-4-8-15(16)19/h1-11H,12H2,(H,21,22). The van der Waals surface area contributed by atoms with Crippen LogP contribution in [0.3, 0.4) is 0 Å². The number of para-hydroxylation sites is 1. The molecule has 0 aliphatic carbocycles. The van der Waals surface area contributed by atoms with Crippen molar-refractivity contribution in [1.29, 1.82) is 0 Å². The van der Waals surface area contributed by atoms with Crippen molar-refractivity contribution in [1.82, 2.24) is 5.43 Å². The third-order valence-corrected chi connectivity index (χ3v) is 3.42. The SMILES string of the molecule is O=C(COc1ccccc1Cl)NN=CC(Br)=Cc1ccccc1. The van der Waals surface area contributed by atoms with Crippen LogP contribution in [0.1, 0.15) is 5.56 Å². The second-order valence-electron chi connectivity index (χ2n) is 4.45. The van der Waals surface area contributed by atoms with E-state index in [-0.39, 0.29) is 12.5 Å². The van der Waals surface area contributed by atoms with Crippen molar-refractivity contribution in [3.63, 3.8) is 0 Å². The molecule has 0 atom stereocenters. The van der Waals surface area contributed by atoms with E-state index in [2.05, 4.69) is 26.5 Å². The van der Waals surface area contributed by atoms with E-state index in [9.17, 15) is 4.79 Å². The lowest BCUT2D eigenvalue weighted by atomic mass is 10.2. The van der Waals surface area contributed by atoms with E-state index in [1.165, 1.54) is 6.21 Å². The molecule has 0 saturated heterocycles. The van der Waals surface area contributed by atoms with Crippen LogP contribution in [0.15, 0.2) is 64.2 Å². The number of nitrogens with one attached hydrogen (secondary N) is 1. The molecule has 2 aromatic rings. The van der Waals surface area contributed by atoms with E-state index in [1.807, 2.05) is 36.4 Å². The molecule has 1 amide bonds. The van der Waals surface area contributed by atoms with Gasteiger partial charge in [-0.1, -0.05) is 54.1 Å². The highest BCUT2D eigenvalue weighted by atomic mass is 79.9. The minimum absolute atomic E-state index is 0.166. The number of benzene rings is 2. The Labute approximate surface area is 147 Å². The fraction of sp³-hybridized carbons (Fsp3) is 0.0588. The fourth-order valence-corrected chi connectivity index (χ4v) is 2.21. The summed E-state index contributed by atoms with van der Waals surface area (Å²) < 4.78 is 6.04. The lowest BCUT2D eigenvalue weighted by molar-refractivity contribution is -0.123. The number of hydrogen-bond donors (Lipinski definition) is 1. The van der Waals surface area contributed by atoms with Gasteiger partial charge in [0.1, 0.15) is 5.75 Å². The summed E-state index contributed by atoms with van der Waals surface area (Å²) in [4.78, 5) is 11.6. The molecule has 0 spiro atoms. The molecule has 0 saturated carbocycles. The Morgan fingerprint density at radius 2 is 1.87 bits per heavy atom. The zero-order chi connectivity index (χ0) is 16.5. The zero-order valence-corrected chi connectivity index (χ0v) is 14.4. The molecule has 0 heterocycles. The number of hydrazone groups is 1. The van der Waals surface area contributed by atoms with Gasteiger partial charge >= 0.3 is 0 Å². The Bertz CT molecular complexity index is 718. The molecular formula is C17H14BrClN2O2. The number of rotatable bonds is 6. The van der Waals surface area contributed by atoms with Crippen LogP contribution in [0.25, 0.3) is 6.08 Å². The summed E-state index contributed by atoms with van der Waals surface area (Å²) in [6.45, 7) is -0.166. The second-order valence-corrected chi connectivity index (χ2v) is 5.78. The van der Waals surface area contributed by atoms with Crippen molar-refractivity contribution < 1.29 is 9.53 Å². The summed E-state index contributed by atoms with van der Waals surface area (Å²) in [5.74, 6) is 0.0830. The quantitative estimate of drug-likeness (QED) is 0.589. The van der Waals surface area contributed by atoms with Crippen LogP contribution in [0.2, 0.25) is 5.02 Å². The summed E-state index contributed by atoms with van der Waals surface area (Å²) in [6.07, 6.45) is 3.39. The smallest absolute Gasteiger partial charge is 0.277 e. The van der Waals surface area contributed by atoms with Crippen LogP contribution < -0.4 is 10.2 Å². The summed E-state index contributed by atoms with van der Waals surface area (Å²) in [5.41, 5.74) is 3.41. The largest absolute Gasteiger partial charge is 0.482 e. The first-order valence-corrected chi connectivity index (χ1v) is 7.94. The van der Waals surface area contributed by atoms with Gasteiger partial charge in [-0.2, -0.15) is 5.10 Å². The molecule has 6 heteroatoms. The fourth-order valence-electron chi connectivity index (χ4n) is 1.65. The summed E-state index contributed by atoms with van der Waals surface area (Å²) >= 11 is 9.29. The van der Waals surface area contributed by atoms with Gasteiger partial charge in [-0.3, -0.25) is 4.79 Å². The molecule has 0 aliphatic heterocycles. The molecule has 2 aromatic carbocycles.